The summed E-state index contributed by atoms with van der Waals surface area (Å²) >= 11 is 0. The molecule has 1 heterocycles. The Kier molecular flexibility index (Phi) is 6.36. The first-order valence-electron chi connectivity index (χ1n) is 8.10. The Labute approximate surface area is 142 Å². The van der Waals surface area contributed by atoms with Crippen LogP contribution in [0, 0.1) is 0 Å². The lowest BCUT2D eigenvalue weighted by atomic mass is 10.1. The first kappa shape index (κ1) is 18.4. The number of hydrogen-bond donors (Lipinski definition) is 0. The van der Waals surface area contributed by atoms with Crippen molar-refractivity contribution in [3.63, 3.8) is 0 Å². The van der Waals surface area contributed by atoms with E-state index in [1.54, 1.807) is 6.92 Å². The monoisotopic (exact) mass is 353 g/mol. The maximum Gasteiger partial charge on any atom is 0.306 e. The molecule has 1 unspecified atom stereocenters. The van der Waals surface area contributed by atoms with Crippen molar-refractivity contribution >= 4 is 21.7 Å². The van der Waals surface area contributed by atoms with Crippen molar-refractivity contribution < 1.29 is 22.7 Å². The quantitative estimate of drug-likeness (QED) is 0.688. The number of aryl methyl sites for hydroxylation is 1. The number of hydrogen-bond acceptors (Lipinski definition) is 5. The number of carbonyl (C=O) groups excluding carboxylic acids is 2. The van der Waals surface area contributed by atoms with Crippen molar-refractivity contribution in [2.75, 3.05) is 24.7 Å². The van der Waals surface area contributed by atoms with Gasteiger partial charge in [0.2, 0.25) is 0 Å². The summed E-state index contributed by atoms with van der Waals surface area (Å²) in [6.45, 7) is 1.86. The van der Waals surface area contributed by atoms with E-state index in [1.165, 1.54) is 4.90 Å². The van der Waals surface area contributed by atoms with Crippen LogP contribution in [0.15, 0.2) is 30.3 Å². The molecule has 24 heavy (non-hydrogen) atoms. The van der Waals surface area contributed by atoms with Crippen LogP contribution >= 0.6 is 0 Å². The molecule has 1 aliphatic heterocycles. The Morgan fingerprint density at radius 2 is 1.96 bits per heavy atom. The SMILES string of the molecule is CCN(C(=O)COC(=O)CCc1ccccc1)C1CCS(=O)(=O)C1. The van der Waals surface area contributed by atoms with Gasteiger partial charge >= 0.3 is 5.97 Å². The smallest absolute Gasteiger partial charge is 0.306 e. The molecule has 1 aromatic rings. The van der Waals surface area contributed by atoms with Crippen molar-refractivity contribution in [1.82, 2.24) is 4.90 Å². The van der Waals surface area contributed by atoms with Crippen molar-refractivity contribution in [3.8, 4) is 0 Å². The number of carbonyl (C=O) groups is 2. The topological polar surface area (TPSA) is 80.8 Å². The fourth-order valence-electron chi connectivity index (χ4n) is 2.85. The Balaban J connectivity index is 1.77. The van der Waals surface area contributed by atoms with Crippen LogP contribution in [-0.2, 0) is 30.6 Å². The molecule has 0 radical (unpaired) electrons. The van der Waals surface area contributed by atoms with E-state index in [4.69, 9.17) is 4.74 Å². The largest absolute Gasteiger partial charge is 0.456 e. The Bertz CT molecular complexity index is 671. The molecule has 0 spiro atoms. The average molecular weight is 353 g/mol. The van der Waals surface area contributed by atoms with Gasteiger partial charge in [0, 0.05) is 19.0 Å². The molecule has 1 amide bonds. The van der Waals surface area contributed by atoms with E-state index in [-0.39, 0.29) is 36.5 Å². The highest BCUT2D eigenvalue weighted by molar-refractivity contribution is 7.91. The molecular weight excluding hydrogens is 330 g/mol. The van der Waals surface area contributed by atoms with E-state index >= 15 is 0 Å². The Morgan fingerprint density at radius 1 is 1.25 bits per heavy atom. The minimum atomic E-state index is -3.06. The lowest BCUT2D eigenvalue weighted by molar-refractivity contribution is -0.152. The molecule has 0 aromatic heterocycles. The fraction of sp³-hybridized carbons (Fsp3) is 0.529. The highest BCUT2D eigenvalue weighted by Gasteiger charge is 2.34. The van der Waals surface area contributed by atoms with Crippen LogP contribution in [0.4, 0.5) is 0 Å². The molecule has 6 nitrogen and oxygen atoms in total. The molecule has 1 saturated heterocycles. The van der Waals surface area contributed by atoms with E-state index in [1.807, 2.05) is 30.3 Å². The summed E-state index contributed by atoms with van der Waals surface area (Å²) in [5.41, 5.74) is 1.03. The zero-order chi connectivity index (χ0) is 17.6. The van der Waals surface area contributed by atoms with Gasteiger partial charge in [-0.25, -0.2) is 8.42 Å². The maximum absolute atomic E-state index is 12.2. The minimum Gasteiger partial charge on any atom is -0.456 e. The predicted octanol–water partition coefficient (Wildman–Crippen LogP) is 1.20. The van der Waals surface area contributed by atoms with E-state index in [0.717, 1.165) is 5.56 Å². The lowest BCUT2D eigenvalue weighted by Gasteiger charge is -2.26. The molecule has 1 aliphatic rings. The molecular formula is C17H23NO5S. The predicted molar refractivity (Wildman–Crippen MR) is 90.2 cm³/mol. The number of sulfone groups is 1. The van der Waals surface area contributed by atoms with Gasteiger partial charge in [0.05, 0.1) is 11.5 Å². The van der Waals surface area contributed by atoms with Crippen molar-refractivity contribution in [2.24, 2.45) is 0 Å². The van der Waals surface area contributed by atoms with Crippen LogP contribution in [0.5, 0.6) is 0 Å². The van der Waals surface area contributed by atoms with Gasteiger partial charge in [0.25, 0.3) is 5.91 Å². The summed E-state index contributed by atoms with van der Waals surface area (Å²) in [5.74, 6) is -0.665. The minimum absolute atomic E-state index is 0.00542. The number of likely N-dealkylation sites (N-methyl/N-ethyl adjacent to an activating group) is 1. The van der Waals surface area contributed by atoms with Crippen molar-refractivity contribution in [2.45, 2.75) is 32.2 Å². The van der Waals surface area contributed by atoms with Gasteiger partial charge in [0.1, 0.15) is 0 Å². The third kappa shape index (κ3) is 5.33. The number of benzene rings is 1. The number of esters is 1. The maximum atomic E-state index is 12.2. The van der Waals surface area contributed by atoms with Gasteiger partial charge in [-0.15, -0.1) is 0 Å². The molecule has 1 aromatic carbocycles. The molecule has 132 valence electrons. The van der Waals surface area contributed by atoms with Crippen molar-refractivity contribution in [3.05, 3.63) is 35.9 Å². The third-order valence-electron chi connectivity index (χ3n) is 4.13. The van der Waals surface area contributed by atoms with Gasteiger partial charge in [-0.05, 0) is 25.3 Å². The summed E-state index contributed by atoms with van der Waals surface area (Å²) in [7, 11) is -3.06. The average Bonchev–Trinajstić information content (AvgIpc) is 2.92. The van der Waals surface area contributed by atoms with E-state index in [9.17, 15) is 18.0 Å². The lowest BCUT2D eigenvalue weighted by Crippen LogP contribution is -2.43. The van der Waals surface area contributed by atoms with E-state index in [0.29, 0.717) is 19.4 Å². The number of amides is 1. The summed E-state index contributed by atoms with van der Waals surface area (Å²) in [4.78, 5) is 25.5. The van der Waals surface area contributed by atoms with Crippen LogP contribution in [0.25, 0.3) is 0 Å². The molecule has 1 fully saturated rings. The third-order valence-corrected chi connectivity index (χ3v) is 5.88. The number of ether oxygens (including phenoxy) is 1. The second-order valence-electron chi connectivity index (χ2n) is 5.88. The van der Waals surface area contributed by atoms with Gasteiger partial charge in [-0.2, -0.15) is 0 Å². The molecule has 1 atom stereocenters. The van der Waals surface area contributed by atoms with Crippen molar-refractivity contribution in [1.29, 1.82) is 0 Å². The second kappa shape index (κ2) is 8.28. The Morgan fingerprint density at radius 3 is 2.54 bits per heavy atom. The fourth-order valence-corrected chi connectivity index (χ4v) is 4.58. The first-order valence-corrected chi connectivity index (χ1v) is 9.93. The Hall–Kier alpha value is -1.89. The standard InChI is InChI=1S/C17H23NO5S/c1-2-18(15-10-11-24(21,22)13-15)16(19)12-23-17(20)9-8-14-6-4-3-5-7-14/h3-7,15H,2,8-13H2,1H3. The highest BCUT2D eigenvalue weighted by Crippen LogP contribution is 2.17. The summed E-state index contributed by atoms with van der Waals surface area (Å²) in [6, 6.07) is 9.26. The van der Waals surface area contributed by atoms with Crippen LogP contribution in [0.3, 0.4) is 0 Å². The van der Waals surface area contributed by atoms with Gasteiger partial charge in [0.15, 0.2) is 16.4 Å². The molecule has 0 N–H and O–H groups in total. The molecule has 7 heteroatoms. The first-order chi connectivity index (χ1) is 11.4. The molecule has 0 bridgehead atoms. The highest BCUT2D eigenvalue weighted by atomic mass is 32.2. The molecule has 0 saturated carbocycles. The number of nitrogens with zero attached hydrogens (tertiary/aromatic N) is 1. The molecule has 2 rings (SSSR count). The normalized spacial score (nSPS) is 19.0. The summed E-state index contributed by atoms with van der Waals surface area (Å²) < 4.78 is 28.1. The van der Waals surface area contributed by atoms with Crippen LogP contribution < -0.4 is 0 Å². The summed E-state index contributed by atoms with van der Waals surface area (Å²) in [5, 5.41) is 0. The number of rotatable bonds is 7. The second-order valence-corrected chi connectivity index (χ2v) is 8.11. The summed E-state index contributed by atoms with van der Waals surface area (Å²) in [6.07, 6.45) is 1.22. The van der Waals surface area contributed by atoms with Crippen LogP contribution in [0.2, 0.25) is 0 Å². The molecule has 0 aliphatic carbocycles. The van der Waals surface area contributed by atoms with Crippen LogP contribution in [0.1, 0.15) is 25.3 Å². The van der Waals surface area contributed by atoms with E-state index in [2.05, 4.69) is 0 Å². The van der Waals surface area contributed by atoms with E-state index < -0.39 is 15.8 Å². The van der Waals surface area contributed by atoms with Gasteiger partial charge in [-0.1, -0.05) is 30.3 Å². The zero-order valence-corrected chi connectivity index (χ0v) is 14.6. The zero-order valence-electron chi connectivity index (χ0n) is 13.8. The van der Waals surface area contributed by atoms with Crippen LogP contribution in [-0.4, -0.2) is 55.9 Å². The van der Waals surface area contributed by atoms with Gasteiger partial charge < -0.3 is 9.64 Å². The van der Waals surface area contributed by atoms with Gasteiger partial charge in [-0.3, -0.25) is 9.59 Å².